The predicted molar refractivity (Wildman–Crippen MR) is 94.9 cm³/mol. The van der Waals surface area contributed by atoms with Crippen molar-refractivity contribution in [2.24, 2.45) is 0 Å². The molecule has 0 atom stereocenters. The Labute approximate surface area is 147 Å². The van der Waals surface area contributed by atoms with Gasteiger partial charge in [0.05, 0.1) is 11.3 Å². The third kappa shape index (κ3) is 3.27. The number of aromatic nitrogens is 1. The number of carboxylic acids is 1. The molecule has 2 heterocycles. The number of fused-ring (bicyclic) bond motifs is 1. The van der Waals surface area contributed by atoms with E-state index in [0.29, 0.717) is 30.4 Å². The van der Waals surface area contributed by atoms with Crippen molar-refractivity contribution >= 4 is 11.9 Å². The average molecular weight is 338 g/mol. The zero-order chi connectivity index (χ0) is 18.1. The average Bonchev–Trinajstić information content (AvgIpc) is 2.59. The minimum atomic E-state index is -1.03. The first-order valence-corrected chi connectivity index (χ1v) is 8.49. The SMILES string of the molecule is Cc1nc(C(=O)N2CCc3c(cccc3C(C)C)C2)ccc1C(=O)O. The van der Waals surface area contributed by atoms with E-state index in [2.05, 4.69) is 31.0 Å². The number of nitrogens with zero attached hydrogens (tertiary/aromatic N) is 2. The lowest BCUT2D eigenvalue weighted by atomic mass is 9.89. The molecule has 0 spiro atoms. The molecule has 25 heavy (non-hydrogen) atoms. The molecule has 1 aromatic carbocycles. The summed E-state index contributed by atoms with van der Waals surface area (Å²) in [6, 6.07) is 9.24. The molecule has 0 bridgehead atoms. The molecule has 1 amide bonds. The fourth-order valence-electron chi connectivity index (χ4n) is 3.42. The summed E-state index contributed by atoms with van der Waals surface area (Å²) in [6.45, 7) is 7.20. The number of hydrogen-bond acceptors (Lipinski definition) is 3. The van der Waals surface area contributed by atoms with Gasteiger partial charge in [-0.3, -0.25) is 4.79 Å². The van der Waals surface area contributed by atoms with Gasteiger partial charge in [0, 0.05) is 13.1 Å². The number of aryl methyl sites for hydroxylation is 1. The quantitative estimate of drug-likeness (QED) is 0.931. The first-order chi connectivity index (χ1) is 11.9. The summed E-state index contributed by atoms with van der Waals surface area (Å²) < 4.78 is 0. The number of benzene rings is 1. The van der Waals surface area contributed by atoms with Crippen molar-refractivity contribution in [3.05, 3.63) is 64.0 Å². The summed E-state index contributed by atoms with van der Waals surface area (Å²) in [5, 5.41) is 9.09. The zero-order valence-corrected chi connectivity index (χ0v) is 14.7. The number of aromatic carboxylic acids is 1. The summed E-state index contributed by atoms with van der Waals surface area (Å²) >= 11 is 0. The van der Waals surface area contributed by atoms with Crippen LogP contribution in [0.25, 0.3) is 0 Å². The molecule has 1 aliphatic rings. The Morgan fingerprint density at radius 2 is 1.96 bits per heavy atom. The van der Waals surface area contributed by atoms with E-state index in [0.717, 1.165) is 6.42 Å². The highest BCUT2D eigenvalue weighted by Crippen LogP contribution is 2.28. The fraction of sp³-hybridized carbons (Fsp3) is 0.350. The van der Waals surface area contributed by atoms with E-state index in [9.17, 15) is 9.59 Å². The second-order valence-electron chi connectivity index (χ2n) is 6.75. The van der Waals surface area contributed by atoms with Crippen molar-refractivity contribution in [2.45, 2.75) is 39.7 Å². The van der Waals surface area contributed by atoms with Gasteiger partial charge in [0.15, 0.2) is 0 Å². The Morgan fingerprint density at radius 1 is 1.20 bits per heavy atom. The number of carbonyl (C=O) groups excluding carboxylic acids is 1. The Bertz CT molecular complexity index is 843. The molecule has 5 nitrogen and oxygen atoms in total. The maximum Gasteiger partial charge on any atom is 0.337 e. The molecule has 0 aliphatic carbocycles. The number of rotatable bonds is 3. The van der Waals surface area contributed by atoms with Crippen molar-refractivity contribution in [2.75, 3.05) is 6.54 Å². The van der Waals surface area contributed by atoms with Gasteiger partial charge in [0.2, 0.25) is 0 Å². The number of amides is 1. The van der Waals surface area contributed by atoms with E-state index in [1.165, 1.54) is 28.8 Å². The molecule has 2 aromatic rings. The Hall–Kier alpha value is -2.69. The lowest BCUT2D eigenvalue weighted by Gasteiger charge is -2.30. The smallest absolute Gasteiger partial charge is 0.337 e. The zero-order valence-electron chi connectivity index (χ0n) is 14.7. The Kier molecular flexibility index (Phi) is 4.57. The first kappa shape index (κ1) is 17.1. The van der Waals surface area contributed by atoms with Gasteiger partial charge >= 0.3 is 5.97 Å². The normalized spacial score (nSPS) is 13.7. The number of carbonyl (C=O) groups is 2. The minimum absolute atomic E-state index is 0.127. The largest absolute Gasteiger partial charge is 0.478 e. The monoisotopic (exact) mass is 338 g/mol. The summed E-state index contributed by atoms with van der Waals surface area (Å²) in [4.78, 5) is 29.9. The molecule has 1 aliphatic heterocycles. The highest BCUT2D eigenvalue weighted by Gasteiger charge is 2.25. The van der Waals surface area contributed by atoms with Crippen molar-refractivity contribution in [1.82, 2.24) is 9.88 Å². The van der Waals surface area contributed by atoms with Gasteiger partial charge in [-0.2, -0.15) is 0 Å². The molecule has 0 fully saturated rings. The second-order valence-corrected chi connectivity index (χ2v) is 6.75. The van der Waals surface area contributed by atoms with Crippen LogP contribution in [0.5, 0.6) is 0 Å². The van der Waals surface area contributed by atoms with Crippen molar-refractivity contribution in [3.8, 4) is 0 Å². The van der Waals surface area contributed by atoms with Crippen molar-refractivity contribution in [3.63, 3.8) is 0 Å². The van der Waals surface area contributed by atoms with Gasteiger partial charge in [-0.15, -0.1) is 0 Å². The minimum Gasteiger partial charge on any atom is -0.478 e. The number of pyridine rings is 1. The number of hydrogen-bond donors (Lipinski definition) is 1. The molecule has 130 valence electrons. The van der Waals surface area contributed by atoms with E-state index >= 15 is 0 Å². The van der Waals surface area contributed by atoms with Crippen LogP contribution in [-0.2, 0) is 13.0 Å². The molecule has 0 unspecified atom stereocenters. The molecule has 0 saturated heterocycles. The summed E-state index contributed by atoms with van der Waals surface area (Å²) in [5.74, 6) is -0.720. The summed E-state index contributed by atoms with van der Waals surface area (Å²) in [7, 11) is 0. The van der Waals surface area contributed by atoms with E-state index in [1.807, 2.05) is 6.07 Å². The molecular formula is C20H22N2O3. The summed E-state index contributed by atoms with van der Waals surface area (Å²) in [5.41, 5.74) is 4.67. The number of carboxylic acid groups (broad SMARTS) is 1. The fourth-order valence-corrected chi connectivity index (χ4v) is 3.42. The Balaban J connectivity index is 1.85. The maximum atomic E-state index is 12.8. The van der Waals surface area contributed by atoms with Crippen LogP contribution in [-0.4, -0.2) is 33.4 Å². The van der Waals surface area contributed by atoms with Gasteiger partial charge in [-0.1, -0.05) is 32.0 Å². The molecule has 0 radical (unpaired) electrons. The lowest BCUT2D eigenvalue weighted by Crippen LogP contribution is -2.37. The van der Waals surface area contributed by atoms with Crippen LogP contribution >= 0.6 is 0 Å². The van der Waals surface area contributed by atoms with Crippen molar-refractivity contribution in [1.29, 1.82) is 0 Å². The van der Waals surface area contributed by atoms with Crippen LogP contribution in [0.2, 0.25) is 0 Å². The molecule has 1 N–H and O–H groups in total. The van der Waals surface area contributed by atoms with Crippen LogP contribution < -0.4 is 0 Å². The topological polar surface area (TPSA) is 70.5 Å². The van der Waals surface area contributed by atoms with E-state index < -0.39 is 5.97 Å². The van der Waals surface area contributed by atoms with Gasteiger partial charge in [0.25, 0.3) is 5.91 Å². The molecule has 0 saturated carbocycles. The van der Waals surface area contributed by atoms with Gasteiger partial charge < -0.3 is 10.0 Å². The van der Waals surface area contributed by atoms with Gasteiger partial charge in [-0.25, -0.2) is 9.78 Å². The first-order valence-electron chi connectivity index (χ1n) is 8.49. The molecular weight excluding hydrogens is 316 g/mol. The molecule has 3 rings (SSSR count). The van der Waals surface area contributed by atoms with E-state index in [4.69, 9.17) is 5.11 Å². The van der Waals surface area contributed by atoms with Crippen LogP contribution in [0.4, 0.5) is 0 Å². The second kappa shape index (κ2) is 6.67. The molecule has 5 heteroatoms. The summed E-state index contributed by atoms with van der Waals surface area (Å²) in [6.07, 6.45) is 0.835. The standard InChI is InChI=1S/C20H22N2O3/c1-12(2)15-6-4-5-14-11-22(10-9-17(14)15)19(23)18-8-7-16(20(24)25)13(3)21-18/h4-8,12H,9-11H2,1-3H3,(H,24,25). The van der Waals surface area contributed by atoms with Gasteiger partial charge in [-0.05, 0) is 48.1 Å². The lowest BCUT2D eigenvalue weighted by molar-refractivity contribution is 0.0689. The highest BCUT2D eigenvalue weighted by atomic mass is 16.4. The van der Waals surface area contributed by atoms with Crippen LogP contribution in [0, 0.1) is 6.92 Å². The van der Waals surface area contributed by atoms with Crippen LogP contribution in [0.3, 0.4) is 0 Å². The van der Waals surface area contributed by atoms with Crippen LogP contribution in [0.15, 0.2) is 30.3 Å². The van der Waals surface area contributed by atoms with E-state index in [1.54, 1.807) is 11.8 Å². The van der Waals surface area contributed by atoms with Crippen molar-refractivity contribution < 1.29 is 14.7 Å². The third-order valence-electron chi connectivity index (χ3n) is 4.75. The molecule has 1 aromatic heterocycles. The van der Waals surface area contributed by atoms with E-state index in [-0.39, 0.29) is 11.5 Å². The predicted octanol–water partition coefficient (Wildman–Crippen LogP) is 3.41. The Morgan fingerprint density at radius 3 is 2.60 bits per heavy atom. The van der Waals surface area contributed by atoms with Crippen LogP contribution in [0.1, 0.15) is 63.0 Å². The third-order valence-corrected chi connectivity index (χ3v) is 4.75. The maximum absolute atomic E-state index is 12.8. The van der Waals surface area contributed by atoms with Gasteiger partial charge in [0.1, 0.15) is 5.69 Å². The highest BCUT2D eigenvalue weighted by molar-refractivity contribution is 5.94.